The first kappa shape index (κ1) is 18.9. The molecule has 0 bridgehead atoms. The molecular formula is C21H23N7OS. The second kappa shape index (κ2) is 7.64. The van der Waals surface area contributed by atoms with Gasteiger partial charge in [-0.3, -0.25) is 9.48 Å². The SMILES string of the molecule is Cn1cnnc1-c1nn(C)c2c1CN(C(=O)CCCc1nc3ccccc3s1)CC2. The summed E-state index contributed by atoms with van der Waals surface area (Å²) in [6.07, 6.45) is 4.65. The largest absolute Gasteiger partial charge is 0.338 e. The molecule has 0 unspecified atom stereocenters. The zero-order valence-corrected chi connectivity index (χ0v) is 17.9. The van der Waals surface area contributed by atoms with Crippen LogP contribution >= 0.6 is 11.3 Å². The van der Waals surface area contributed by atoms with Gasteiger partial charge in [0.05, 0.1) is 15.2 Å². The Morgan fingerprint density at radius 3 is 2.90 bits per heavy atom. The molecule has 9 heteroatoms. The smallest absolute Gasteiger partial charge is 0.222 e. The number of nitrogens with zero attached hydrogens (tertiary/aromatic N) is 7. The van der Waals surface area contributed by atoms with E-state index in [2.05, 4.69) is 26.3 Å². The second-order valence-corrected chi connectivity index (χ2v) is 8.77. The Bertz CT molecular complexity index is 1190. The second-order valence-electron chi connectivity index (χ2n) is 7.66. The fraction of sp³-hybridized carbons (Fsp3) is 0.381. The Morgan fingerprint density at radius 2 is 2.10 bits per heavy atom. The third-order valence-electron chi connectivity index (χ3n) is 5.64. The lowest BCUT2D eigenvalue weighted by molar-refractivity contribution is -0.132. The monoisotopic (exact) mass is 421 g/mol. The van der Waals surface area contributed by atoms with Crippen LogP contribution in [-0.4, -0.2) is 46.9 Å². The van der Waals surface area contributed by atoms with Gasteiger partial charge >= 0.3 is 0 Å². The molecule has 4 aromatic rings. The van der Waals surface area contributed by atoms with Crippen molar-refractivity contribution in [1.29, 1.82) is 0 Å². The number of carbonyl (C=O) groups excluding carboxylic acids is 1. The normalized spacial score (nSPS) is 13.7. The van der Waals surface area contributed by atoms with Gasteiger partial charge in [0.2, 0.25) is 5.91 Å². The fourth-order valence-electron chi connectivity index (χ4n) is 4.06. The van der Waals surface area contributed by atoms with Gasteiger partial charge in [-0.2, -0.15) is 5.10 Å². The van der Waals surface area contributed by atoms with Crippen molar-refractivity contribution in [2.45, 2.75) is 32.2 Å². The van der Waals surface area contributed by atoms with E-state index in [0.29, 0.717) is 13.0 Å². The van der Waals surface area contributed by atoms with Crippen LogP contribution in [0.3, 0.4) is 0 Å². The number of benzene rings is 1. The summed E-state index contributed by atoms with van der Waals surface area (Å²) in [5, 5.41) is 13.9. The number of aryl methyl sites for hydroxylation is 3. The molecule has 5 rings (SSSR count). The van der Waals surface area contributed by atoms with Crippen molar-refractivity contribution in [2.75, 3.05) is 6.54 Å². The number of hydrogen-bond donors (Lipinski definition) is 0. The minimum absolute atomic E-state index is 0.189. The Kier molecular flexibility index (Phi) is 4.82. The van der Waals surface area contributed by atoms with E-state index in [0.717, 1.165) is 53.4 Å². The zero-order chi connectivity index (χ0) is 20.7. The van der Waals surface area contributed by atoms with Crippen molar-refractivity contribution in [3.05, 3.63) is 46.9 Å². The molecule has 0 aliphatic carbocycles. The number of rotatable bonds is 5. The number of para-hydroxylation sites is 1. The van der Waals surface area contributed by atoms with E-state index in [1.54, 1.807) is 17.7 Å². The number of carbonyl (C=O) groups is 1. The molecule has 1 amide bonds. The van der Waals surface area contributed by atoms with Crippen LogP contribution < -0.4 is 0 Å². The first-order chi connectivity index (χ1) is 14.6. The number of fused-ring (bicyclic) bond motifs is 2. The Morgan fingerprint density at radius 1 is 1.23 bits per heavy atom. The van der Waals surface area contributed by atoms with Crippen LogP contribution in [0.1, 0.15) is 29.1 Å². The molecule has 0 radical (unpaired) electrons. The van der Waals surface area contributed by atoms with Gasteiger partial charge in [0, 0.05) is 51.3 Å². The lowest BCUT2D eigenvalue weighted by Gasteiger charge is -2.27. The van der Waals surface area contributed by atoms with Crippen molar-refractivity contribution in [1.82, 2.24) is 34.4 Å². The molecule has 1 aromatic carbocycles. The Hall–Kier alpha value is -3.07. The molecule has 4 heterocycles. The predicted molar refractivity (Wildman–Crippen MR) is 115 cm³/mol. The molecule has 1 aliphatic rings. The predicted octanol–water partition coefficient (Wildman–Crippen LogP) is 2.73. The van der Waals surface area contributed by atoms with Crippen LogP contribution in [0.15, 0.2) is 30.6 Å². The molecule has 0 saturated heterocycles. The molecule has 8 nitrogen and oxygen atoms in total. The first-order valence-electron chi connectivity index (χ1n) is 10.1. The summed E-state index contributed by atoms with van der Waals surface area (Å²) in [4.78, 5) is 19.5. The summed E-state index contributed by atoms with van der Waals surface area (Å²) in [5.74, 6) is 0.923. The third kappa shape index (κ3) is 3.39. The number of hydrogen-bond acceptors (Lipinski definition) is 6. The van der Waals surface area contributed by atoms with Gasteiger partial charge in [0.15, 0.2) is 5.82 Å². The molecule has 154 valence electrons. The summed E-state index contributed by atoms with van der Waals surface area (Å²) < 4.78 is 4.98. The van der Waals surface area contributed by atoms with E-state index in [-0.39, 0.29) is 5.91 Å². The van der Waals surface area contributed by atoms with Crippen LogP contribution in [0.5, 0.6) is 0 Å². The van der Waals surface area contributed by atoms with Crippen LogP contribution in [0.2, 0.25) is 0 Å². The van der Waals surface area contributed by atoms with Gasteiger partial charge in [-0.05, 0) is 25.0 Å². The average Bonchev–Trinajstić information content (AvgIpc) is 3.44. The van der Waals surface area contributed by atoms with E-state index in [9.17, 15) is 4.79 Å². The van der Waals surface area contributed by atoms with E-state index < -0.39 is 0 Å². The Labute approximate surface area is 178 Å². The summed E-state index contributed by atoms with van der Waals surface area (Å²) in [5.41, 5.74) is 4.12. The van der Waals surface area contributed by atoms with Crippen molar-refractivity contribution >= 4 is 27.5 Å². The molecule has 3 aromatic heterocycles. The number of thiazole rings is 1. The molecule has 1 aliphatic heterocycles. The maximum absolute atomic E-state index is 12.9. The third-order valence-corrected chi connectivity index (χ3v) is 6.73. The molecule has 0 spiro atoms. The van der Waals surface area contributed by atoms with Crippen molar-refractivity contribution in [3.63, 3.8) is 0 Å². The van der Waals surface area contributed by atoms with Gasteiger partial charge in [0.25, 0.3) is 0 Å². The van der Waals surface area contributed by atoms with Gasteiger partial charge in [0.1, 0.15) is 12.0 Å². The summed E-state index contributed by atoms with van der Waals surface area (Å²) >= 11 is 1.72. The molecule has 0 atom stereocenters. The first-order valence-corrected chi connectivity index (χ1v) is 10.9. The number of aromatic nitrogens is 6. The van der Waals surface area contributed by atoms with Crippen LogP contribution in [0.4, 0.5) is 0 Å². The van der Waals surface area contributed by atoms with Crippen molar-refractivity contribution < 1.29 is 4.79 Å². The van der Waals surface area contributed by atoms with E-state index in [4.69, 9.17) is 0 Å². The van der Waals surface area contributed by atoms with Gasteiger partial charge in [-0.25, -0.2) is 4.98 Å². The summed E-state index contributed by atoms with van der Waals surface area (Å²) in [7, 11) is 3.86. The molecular weight excluding hydrogens is 398 g/mol. The fourth-order valence-corrected chi connectivity index (χ4v) is 5.07. The standard InChI is InChI=1S/C21H23N7OS/c1-26-13-22-24-21(26)20-14-12-28(11-10-16(14)27(2)25-20)19(29)9-5-8-18-23-15-6-3-4-7-17(15)30-18/h3-4,6-7,13H,5,8-12H2,1-2H3. The maximum Gasteiger partial charge on any atom is 0.222 e. The molecule has 0 N–H and O–H groups in total. The van der Waals surface area contributed by atoms with Crippen molar-refractivity contribution in [3.8, 4) is 11.5 Å². The van der Waals surface area contributed by atoms with Crippen LogP contribution in [0, 0.1) is 0 Å². The average molecular weight is 422 g/mol. The summed E-state index contributed by atoms with van der Waals surface area (Å²) in [6.45, 7) is 1.30. The van der Waals surface area contributed by atoms with Gasteiger partial charge in [-0.15, -0.1) is 21.5 Å². The highest BCUT2D eigenvalue weighted by molar-refractivity contribution is 7.18. The quantitative estimate of drug-likeness (QED) is 0.495. The summed E-state index contributed by atoms with van der Waals surface area (Å²) in [6, 6.07) is 8.17. The topological polar surface area (TPSA) is 81.7 Å². The number of amides is 1. The Balaban J connectivity index is 1.25. The van der Waals surface area contributed by atoms with Crippen LogP contribution in [0.25, 0.3) is 21.7 Å². The van der Waals surface area contributed by atoms with E-state index >= 15 is 0 Å². The lowest BCUT2D eigenvalue weighted by Crippen LogP contribution is -2.36. The van der Waals surface area contributed by atoms with Crippen LogP contribution in [-0.2, 0) is 38.3 Å². The molecule has 0 saturated carbocycles. The highest BCUT2D eigenvalue weighted by Crippen LogP contribution is 2.29. The van der Waals surface area contributed by atoms with Crippen molar-refractivity contribution in [2.24, 2.45) is 14.1 Å². The molecule has 0 fully saturated rings. The van der Waals surface area contributed by atoms with E-state index in [1.807, 2.05) is 46.4 Å². The highest BCUT2D eigenvalue weighted by atomic mass is 32.1. The van der Waals surface area contributed by atoms with Gasteiger partial charge < -0.3 is 9.47 Å². The molecule has 30 heavy (non-hydrogen) atoms. The zero-order valence-electron chi connectivity index (χ0n) is 17.1. The minimum atomic E-state index is 0.189. The maximum atomic E-state index is 12.9. The van der Waals surface area contributed by atoms with E-state index in [1.165, 1.54) is 10.4 Å². The van der Waals surface area contributed by atoms with Gasteiger partial charge in [-0.1, -0.05) is 12.1 Å². The lowest BCUT2D eigenvalue weighted by atomic mass is 10.0. The minimum Gasteiger partial charge on any atom is -0.338 e. The highest BCUT2D eigenvalue weighted by Gasteiger charge is 2.28.